The van der Waals surface area contributed by atoms with Crippen molar-refractivity contribution in [2.24, 2.45) is 0 Å². The fourth-order valence-electron chi connectivity index (χ4n) is 3.19. The lowest BCUT2D eigenvalue weighted by molar-refractivity contribution is -0.138. The van der Waals surface area contributed by atoms with Gasteiger partial charge in [0.1, 0.15) is 18.0 Å². The van der Waals surface area contributed by atoms with Crippen molar-refractivity contribution in [2.45, 2.75) is 25.0 Å². The van der Waals surface area contributed by atoms with E-state index >= 15 is 0 Å². The molecule has 0 N–H and O–H groups in total. The highest BCUT2D eigenvalue weighted by atomic mass is 19.1. The summed E-state index contributed by atoms with van der Waals surface area (Å²) in [6.45, 7) is 1.13. The summed E-state index contributed by atoms with van der Waals surface area (Å²) in [6, 6.07) is 7.89. The highest BCUT2D eigenvalue weighted by Gasteiger charge is 2.32. The van der Waals surface area contributed by atoms with Gasteiger partial charge in [-0.15, -0.1) is 0 Å². The zero-order chi connectivity index (χ0) is 18.5. The summed E-state index contributed by atoms with van der Waals surface area (Å²) in [4.78, 5) is 24.7. The van der Waals surface area contributed by atoms with Gasteiger partial charge >= 0.3 is 6.01 Å². The minimum absolute atomic E-state index is 0.0206. The molecule has 0 saturated carbocycles. The van der Waals surface area contributed by atoms with Crippen molar-refractivity contribution in [1.29, 1.82) is 0 Å². The Morgan fingerprint density at radius 1 is 1.19 bits per heavy atom. The van der Waals surface area contributed by atoms with E-state index in [0.717, 1.165) is 0 Å². The van der Waals surface area contributed by atoms with Crippen molar-refractivity contribution in [3.05, 3.63) is 54.1 Å². The molecule has 2 heterocycles. The summed E-state index contributed by atoms with van der Waals surface area (Å²) >= 11 is 0. The lowest BCUT2D eigenvalue weighted by Gasteiger charge is -2.35. The van der Waals surface area contributed by atoms with E-state index in [-0.39, 0.29) is 17.8 Å². The molecule has 1 amide bonds. The average Bonchev–Trinajstić information content (AvgIpc) is 2.64. The minimum atomic E-state index is -0.633. The quantitative estimate of drug-likeness (QED) is 0.821. The van der Waals surface area contributed by atoms with E-state index in [4.69, 9.17) is 4.74 Å². The average molecular weight is 358 g/mol. The molecule has 0 radical (unpaired) electrons. The molecule has 26 heavy (non-hydrogen) atoms. The molecule has 1 fully saturated rings. The van der Waals surface area contributed by atoms with Gasteiger partial charge in [-0.1, -0.05) is 18.2 Å². The smallest absolute Gasteiger partial charge is 0.316 e. The first-order chi connectivity index (χ1) is 12.6. The lowest BCUT2D eigenvalue weighted by Crippen LogP contribution is -2.46. The Kier molecular flexibility index (Phi) is 5.78. The van der Waals surface area contributed by atoms with Crippen molar-refractivity contribution in [3.8, 4) is 6.01 Å². The number of aromatic nitrogens is 2. The van der Waals surface area contributed by atoms with Crippen molar-refractivity contribution < 1.29 is 13.9 Å². The van der Waals surface area contributed by atoms with E-state index in [1.54, 1.807) is 60.6 Å². The number of piperidine rings is 1. The van der Waals surface area contributed by atoms with Gasteiger partial charge in [-0.25, -0.2) is 14.4 Å². The van der Waals surface area contributed by atoms with Gasteiger partial charge in [0.25, 0.3) is 0 Å². The number of hydrogen-bond donors (Lipinski definition) is 0. The van der Waals surface area contributed by atoms with Gasteiger partial charge in [-0.05, 0) is 26.2 Å². The molecule has 3 rings (SSSR count). The van der Waals surface area contributed by atoms with Crippen molar-refractivity contribution in [3.63, 3.8) is 0 Å². The van der Waals surface area contributed by atoms with Gasteiger partial charge in [-0.3, -0.25) is 9.69 Å². The molecule has 0 aliphatic carbocycles. The highest BCUT2D eigenvalue weighted by molar-refractivity contribution is 5.83. The van der Waals surface area contributed by atoms with Gasteiger partial charge in [0.15, 0.2) is 0 Å². The molecule has 1 saturated heterocycles. The molecule has 1 aliphatic heterocycles. The molecule has 1 aromatic heterocycles. The Labute approximate surface area is 152 Å². The number of nitrogens with zero attached hydrogens (tertiary/aromatic N) is 4. The maximum absolute atomic E-state index is 14.2. The zero-order valence-corrected chi connectivity index (χ0v) is 15.0. The Hall–Kier alpha value is -2.54. The SMILES string of the molecule is CN(C)C(C(=O)N1CCC(Oc2ncccn2)CC1)c1ccccc1F. The maximum Gasteiger partial charge on any atom is 0.316 e. The summed E-state index contributed by atoms with van der Waals surface area (Å²) in [5.74, 6) is -0.450. The number of ether oxygens (including phenoxy) is 1. The molecule has 7 heteroatoms. The van der Waals surface area contributed by atoms with Crippen LogP contribution < -0.4 is 4.74 Å². The van der Waals surface area contributed by atoms with Gasteiger partial charge in [0.05, 0.1) is 0 Å². The summed E-state index contributed by atoms with van der Waals surface area (Å²) in [5.41, 5.74) is 0.401. The Morgan fingerprint density at radius 2 is 1.85 bits per heavy atom. The van der Waals surface area contributed by atoms with E-state index in [9.17, 15) is 9.18 Å². The molecule has 1 unspecified atom stereocenters. The van der Waals surface area contributed by atoms with Crippen LogP contribution in [-0.4, -0.2) is 59.0 Å². The van der Waals surface area contributed by atoms with Crippen LogP contribution in [-0.2, 0) is 4.79 Å². The van der Waals surface area contributed by atoms with Crippen LogP contribution in [0.2, 0.25) is 0 Å². The van der Waals surface area contributed by atoms with Gasteiger partial charge in [0.2, 0.25) is 5.91 Å². The third kappa shape index (κ3) is 4.16. The molecule has 1 aliphatic rings. The molecule has 0 spiro atoms. The predicted molar refractivity (Wildman–Crippen MR) is 95.1 cm³/mol. The summed E-state index contributed by atoms with van der Waals surface area (Å²) in [6.07, 6.45) is 4.64. The number of rotatable bonds is 5. The van der Waals surface area contributed by atoms with E-state index in [1.807, 2.05) is 0 Å². The number of carbonyl (C=O) groups is 1. The van der Waals surface area contributed by atoms with Crippen LogP contribution in [0.1, 0.15) is 24.4 Å². The van der Waals surface area contributed by atoms with Gasteiger partial charge in [0, 0.05) is 43.9 Å². The molecule has 0 bridgehead atoms. The molecular formula is C19H23FN4O2. The van der Waals surface area contributed by atoms with E-state index in [0.29, 0.717) is 37.5 Å². The van der Waals surface area contributed by atoms with Crippen molar-refractivity contribution in [2.75, 3.05) is 27.2 Å². The van der Waals surface area contributed by atoms with Crippen LogP contribution in [0.4, 0.5) is 4.39 Å². The van der Waals surface area contributed by atoms with Crippen LogP contribution in [0.5, 0.6) is 6.01 Å². The minimum Gasteiger partial charge on any atom is -0.460 e. The number of likely N-dealkylation sites (N-methyl/N-ethyl adjacent to an activating group) is 1. The number of benzene rings is 1. The van der Waals surface area contributed by atoms with Gasteiger partial charge in [-0.2, -0.15) is 0 Å². The second-order valence-electron chi connectivity index (χ2n) is 6.56. The first-order valence-electron chi connectivity index (χ1n) is 8.69. The third-order valence-corrected chi connectivity index (χ3v) is 4.52. The van der Waals surface area contributed by atoms with Crippen LogP contribution in [0.25, 0.3) is 0 Å². The summed E-state index contributed by atoms with van der Waals surface area (Å²) in [5, 5.41) is 0. The summed E-state index contributed by atoms with van der Waals surface area (Å²) < 4.78 is 20.0. The van der Waals surface area contributed by atoms with E-state index < -0.39 is 6.04 Å². The molecule has 6 nitrogen and oxygen atoms in total. The van der Waals surface area contributed by atoms with Crippen LogP contribution >= 0.6 is 0 Å². The first kappa shape index (κ1) is 18.3. The topological polar surface area (TPSA) is 58.6 Å². The lowest BCUT2D eigenvalue weighted by atomic mass is 10.0. The number of amides is 1. The standard InChI is InChI=1S/C19H23FN4O2/c1-23(2)17(15-6-3-4-7-16(15)20)18(25)24-12-8-14(9-13-24)26-19-21-10-5-11-22-19/h3-7,10-11,14,17H,8-9,12-13H2,1-2H3. The number of carbonyl (C=O) groups excluding carboxylic acids is 1. The Balaban J connectivity index is 1.64. The van der Waals surface area contributed by atoms with Crippen LogP contribution in [0.15, 0.2) is 42.7 Å². The fourth-order valence-corrected chi connectivity index (χ4v) is 3.19. The fraction of sp³-hybridized carbons (Fsp3) is 0.421. The van der Waals surface area contributed by atoms with E-state index in [1.165, 1.54) is 6.07 Å². The highest BCUT2D eigenvalue weighted by Crippen LogP contribution is 2.26. The Bertz CT molecular complexity index is 733. The normalized spacial score (nSPS) is 16.5. The summed E-state index contributed by atoms with van der Waals surface area (Å²) in [7, 11) is 3.58. The second-order valence-corrected chi connectivity index (χ2v) is 6.56. The molecule has 2 aromatic rings. The van der Waals surface area contributed by atoms with Crippen LogP contribution in [0, 0.1) is 5.82 Å². The van der Waals surface area contributed by atoms with Crippen molar-refractivity contribution in [1.82, 2.24) is 19.8 Å². The maximum atomic E-state index is 14.2. The number of likely N-dealkylation sites (tertiary alicyclic amines) is 1. The van der Waals surface area contributed by atoms with Gasteiger partial charge < -0.3 is 9.64 Å². The first-order valence-corrected chi connectivity index (χ1v) is 8.69. The zero-order valence-electron chi connectivity index (χ0n) is 15.0. The number of hydrogen-bond acceptors (Lipinski definition) is 5. The molecule has 1 atom stereocenters. The molecule has 1 aromatic carbocycles. The monoisotopic (exact) mass is 358 g/mol. The molecular weight excluding hydrogens is 335 g/mol. The van der Waals surface area contributed by atoms with Crippen molar-refractivity contribution >= 4 is 5.91 Å². The second kappa shape index (κ2) is 8.23. The van der Waals surface area contributed by atoms with Crippen LogP contribution in [0.3, 0.4) is 0 Å². The Morgan fingerprint density at radius 3 is 2.46 bits per heavy atom. The largest absolute Gasteiger partial charge is 0.460 e. The predicted octanol–water partition coefficient (Wildman–Crippen LogP) is 2.29. The number of halogens is 1. The van der Waals surface area contributed by atoms with E-state index in [2.05, 4.69) is 9.97 Å². The third-order valence-electron chi connectivity index (χ3n) is 4.52. The molecule has 138 valence electrons.